The summed E-state index contributed by atoms with van der Waals surface area (Å²) < 4.78 is 35.9. The van der Waals surface area contributed by atoms with Gasteiger partial charge in [-0.3, -0.25) is 14.4 Å². The van der Waals surface area contributed by atoms with Crippen LogP contribution in [0.3, 0.4) is 0 Å². The van der Waals surface area contributed by atoms with Crippen LogP contribution in [0.4, 0.5) is 17.2 Å². The van der Waals surface area contributed by atoms with Crippen LogP contribution in [0.2, 0.25) is 5.02 Å². The van der Waals surface area contributed by atoms with E-state index in [0.29, 0.717) is 58.6 Å². The van der Waals surface area contributed by atoms with E-state index in [1.54, 1.807) is 29.3 Å². The van der Waals surface area contributed by atoms with Crippen LogP contribution in [-0.2, 0) is 20.4 Å². The van der Waals surface area contributed by atoms with Crippen molar-refractivity contribution in [1.82, 2.24) is 10.1 Å². The standard InChI is InChI=1S/C20H20ClN5O5S/c1-10(2)9-30-18-14(21)5-11(8-23-18)26-15-7-16-12(17(24-31-16)25-32(22,28)29)6-13(15)20(3-4-20)19(26)27/h5-8,10H,3-4,9H2,1-2H3,(H,24,25)(H2,22,28,29). The number of nitrogens with two attached hydrogens (primary N) is 1. The molecule has 2 aliphatic rings. The van der Waals surface area contributed by atoms with Crippen molar-refractivity contribution in [3.8, 4) is 5.88 Å². The molecule has 10 nitrogen and oxygen atoms in total. The van der Waals surface area contributed by atoms with E-state index in [0.717, 1.165) is 5.56 Å². The first-order chi connectivity index (χ1) is 15.1. The second kappa shape index (κ2) is 7.06. The second-order valence-electron chi connectivity index (χ2n) is 8.45. The Morgan fingerprint density at radius 1 is 1.34 bits per heavy atom. The summed E-state index contributed by atoms with van der Waals surface area (Å²) in [5.41, 5.74) is 1.53. The highest BCUT2D eigenvalue weighted by Gasteiger charge is 2.60. The number of nitrogens with zero attached hydrogens (tertiary/aromatic N) is 3. The Balaban J connectivity index is 1.58. The summed E-state index contributed by atoms with van der Waals surface area (Å²) >= 11 is 6.38. The number of rotatable bonds is 6. The fraction of sp³-hybridized carbons (Fsp3) is 0.350. The molecule has 3 heterocycles. The van der Waals surface area contributed by atoms with E-state index in [1.807, 2.05) is 13.8 Å². The van der Waals surface area contributed by atoms with Gasteiger partial charge in [-0.25, -0.2) is 10.1 Å². The highest BCUT2D eigenvalue weighted by molar-refractivity contribution is 7.90. The Kier molecular flexibility index (Phi) is 4.63. The molecule has 1 aliphatic heterocycles. The highest BCUT2D eigenvalue weighted by atomic mass is 35.5. The van der Waals surface area contributed by atoms with Crippen LogP contribution in [0.1, 0.15) is 32.3 Å². The van der Waals surface area contributed by atoms with Crippen molar-refractivity contribution in [3.05, 3.63) is 35.0 Å². The molecular formula is C20H20ClN5O5S. The van der Waals surface area contributed by atoms with Gasteiger partial charge in [0.2, 0.25) is 11.8 Å². The van der Waals surface area contributed by atoms with E-state index in [9.17, 15) is 13.2 Å². The minimum Gasteiger partial charge on any atom is -0.476 e. The van der Waals surface area contributed by atoms with Gasteiger partial charge in [-0.05, 0) is 36.5 Å². The number of hydrogen-bond acceptors (Lipinski definition) is 7. The fourth-order valence-corrected chi connectivity index (χ4v) is 4.57. The van der Waals surface area contributed by atoms with E-state index < -0.39 is 15.6 Å². The van der Waals surface area contributed by atoms with Gasteiger partial charge in [-0.15, -0.1) is 0 Å². The molecule has 1 saturated carbocycles. The molecule has 1 aromatic carbocycles. The molecule has 1 spiro atoms. The number of carbonyl (C=O) groups excluding carboxylic acids is 1. The monoisotopic (exact) mass is 477 g/mol. The minimum atomic E-state index is -4.03. The van der Waals surface area contributed by atoms with Crippen molar-refractivity contribution in [2.75, 3.05) is 16.2 Å². The lowest BCUT2D eigenvalue weighted by molar-refractivity contribution is -0.119. The third-order valence-electron chi connectivity index (χ3n) is 5.55. The van der Waals surface area contributed by atoms with Gasteiger partial charge in [0.25, 0.3) is 10.2 Å². The number of amides is 1. The van der Waals surface area contributed by atoms with Crippen LogP contribution in [0, 0.1) is 5.92 Å². The summed E-state index contributed by atoms with van der Waals surface area (Å²) in [4.78, 5) is 19.3. The van der Waals surface area contributed by atoms with Crippen LogP contribution in [-0.4, -0.2) is 31.1 Å². The normalized spacial score (nSPS) is 16.8. The first-order valence-corrected chi connectivity index (χ1v) is 11.9. The van der Waals surface area contributed by atoms with Crippen molar-refractivity contribution >= 4 is 55.9 Å². The Labute approximate surface area is 188 Å². The first kappa shape index (κ1) is 21.0. The predicted molar refractivity (Wildman–Crippen MR) is 118 cm³/mol. The lowest BCUT2D eigenvalue weighted by atomic mass is 9.96. The summed E-state index contributed by atoms with van der Waals surface area (Å²) in [6.45, 7) is 4.51. The summed E-state index contributed by atoms with van der Waals surface area (Å²) in [5, 5.41) is 9.56. The molecule has 0 saturated heterocycles. The summed E-state index contributed by atoms with van der Waals surface area (Å²) in [6, 6.07) is 5.04. The number of benzene rings is 1. The smallest absolute Gasteiger partial charge is 0.297 e. The molecule has 3 N–H and O–H groups in total. The maximum absolute atomic E-state index is 13.4. The van der Waals surface area contributed by atoms with Crippen molar-refractivity contribution < 1.29 is 22.5 Å². The quantitative estimate of drug-likeness (QED) is 0.555. The molecule has 0 radical (unpaired) electrons. The highest BCUT2D eigenvalue weighted by Crippen LogP contribution is 2.60. The number of aromatic nitrogens is 2. The molecule has 168 valence electrons. The average Bonchev–Trinajstić information content (AvgIpc) is 3.38. The van der Waals surface area contributed by atoms with Gasteiger partial charge >= 0.3 is 0 Å². The van der Waals surface area contributed by atoms with Crippen LogP contribution >= 0.6 is 11.6 Å². The summed E-state index contributed by atoms with van der Waals surface area (Å²) in [6.07, 6.45) is 2.91. The number of pyridine rings is 1. The van der Waals surface area contributed by atoms with Crippen molar-refractivity contribution in [1.29, 1.82) is 0 Å². The Bertz CT molecular complexity index is 1370. The van der Waals surface area contributed by atoms with E-state index in [2.05, 4.69) is 14.9 Å². The lowest BCUT2D eigenvalue weighted by Gasteiger charge is -2.19. The number of nitrogens with one attached hydrogen (secondary N) is 1. The van der Waals surface area contributed by atoms with Crippen LogP contribution in [0.5, 0.6) is 5.88 Å². The van der Waals surface area contributed by atoms with Crippen LogP contribution < -0.4 is 19.5 Å². The summed E-state index contributed by atoms with van der Waals surface area (Å²) in [7, 11) is -4.03. The largest absolute Gasteiger partial charge is 0.476 e. The molecule has 0 bridgehead atoms. The Morgan fingerprint density at radius 2 is 2.09 bits per heavy atom. The lowest BCUT2D eigenvalue weighted by Crippen LogP contribution is -2.28. The molecule has 0 atom stereocenters. The SMILES string of the molecule is CC(C)COc1ncc(N2C(=O)C3(CC3)c3cc4c(NS(N)(=O)=O)noc4cc32)cc1Cl. The van der Waals surface area contributed by atoms with E-state index in [-0.39, 0.29) is 11.7 Å². The number of carbonyl (C=O) groups is 1. The average molecular weight is 478 g/mol. The van der Waals surface area contributed by atoms with Crippen LogP contribution in [0.25, 0.3) is 11.0 Å². The molecule has 5 rings (SSSR count). The topological polar surface area (TPSA) is 141 Å². The minimum absolute atomic E-state index is 0.0247. The zero-order valence-corrected chi connectivity index (χ0v) is 18.8. The molecule has 2 aromatic heterocycles. The molecule has 1 fully saturated rings. The third kappa shape index (κ3) is 3.37. The number of anilines is 3. The maximum atomic E-state index is 13.4. The number of hydrogen-bond donors (Lipinski definition) is 2. The molecule has 3 aromatic rings. The third-order valence-corrected chi connectivity index (χ3v) is 6.30. The molecule has 1 amide bonds. The fourth-order valence-electron chi connectivity index (χ4n) is 3.94. The van der Waals surface area contributed by atoms with Gasteiger partial charge < -0.3 is 9.26 Å². The van der Waals surface area contributed by atoms with Gasteiger partial charge in [-0.1, -0.05) is 30.6 Å². The zero-order chi connectivity index (χ0) is 22.8. The van der Waals surface area contributed by atoms with Crippen molar-refractivity contribution in [3.63, 3.8) is 0 Å². The molecule has 1 aliphatic carbocycles. The van der Waals surface area contributed by atoms with Gasteiger partial charge in [-0.2, -0.15) is 8.42 Å². The van der Waals surface area contributed by atoms with Gasteiger partial charge in [0.05, 0.1) is 35.0 Å². The van der Waals surface area contributed by atoms with Crippen molar-refractivity contribution in [2.45, 2.75) is 32.1 Å². The zero-order valence-electron chi connectivity index (χ0n) is 17.3. The van der Waals surface area contributed by atoms with E-state index in [4.69, 9.17) is 26.0 Å². The number of fused-ring (bicyclic) bond motifs is 3. The van der Waals surface area contributed by atoms with E-state index >= 15 is 0 Å². The second-order valence-corrected chi connectivity index (χ2v) is 10.2. The van der Waals surface area contributed by atoms with Crippen molar-refractivity contribution in [2.24, 2.45) is 11.1 Å². The van der Waals surface area contributed by atoms with E-state index in [1.165, 1.54) is 0 Å². The first-order valence-electron chi connectivity index (χ1n) is 9.96. The number of halogens is 1. The Morgan fingerprint density at radius 3 is 2.72 bits per heavy atom. The summed E-state index contributed by atoms with van der Waals surface area (Å²) in [5.74, 6) is 0.500. The van der Waals surface area contributed by atoms with Crippen LogP contribution in [0.15, 0.2) is 28.9 Å². The molecule has 0 unspecified atom stereocenters. The Hall–Kier alpha value is -2.89. The maximum Gasteiger partial charge on any atom is 0.297 e. The van der Waals surface area contributed by atoms with Gasteiger partial charge in [0, 0.05) is 6.07 Å². The van der Waals surface area contributed by atoms with Gasteiger partial charge in [0.15, 0.2) is 11.4 Å². The predicted octanol–water partition coefficient (Wildman–Crippen LogP) is 3.24. The van der Waals surface area contributed by atoms with Gasteiger partial charge in [0.1, 0.15) is 5.02 Å². The number of ether oxygens (including phenoxy) is 1. The molecule has 32 heavy (non-hydrogen) atoms. The molecule has 12 heteroatoms. The molecular weight excluding hydrogens is 458 g/mol.